The molecule has 0 aliphatic carbocycles. The van der Waals surface area contributed by atoms with Crippen LogP contribution in [0.25, 0.3) is 10.9 Å². The Kier molecular flexibility index (Phi) is 7.96. The Balaban J connectivity index is 1.40. The summed E-state index contributed by atoms with van der Waals surface area (Å²) in [4.78, 5) is 22.7. The summed E-state index contributed by atoms with van der Waals surface area (Å²) < 4.78 is 0. The molecule has 1 fully saturated rings. The molecule has 3 N–H and O–H groups in total. The molecular formula is C23H32ClN9. The van der Waals surface area contributed by atoms with Crippen molar-refractivity contribution >= 4 is 46.0 Å². The van der Waals surface area contributed by atoms with Gasteiger partial charge in [-0.25, -0.2) is 0 Å². The molecule has 33 heavy (non-hydrogen) atoms. The Morgan fingerprint density at radius 2 is 1.64 bits per heavy atom. The molecule has 3 heterocycles. The highest BCUT2D eigenvalue weighted by Crippen LogP contribution is 2.24. The number of benzene rings is 1. The molecule has 0 amide bonds. The standard InChI is InChI=1S/C23H32ClN9/c1-32(2)15-12-28-22-29-21(30-23(31-22)33-13-4-3-5-14-33)27-11-10-26-19-8-9-25-20-16-17(24)6-7-18(19)20/h6-9,16H,3-5,10-15H2,1-2H3,(H,25,26)(H2,27,28,29,30,31). The van der Waals surface area contributed by atoms with Crippen molar-refractivity contribution in [1.29, 1.82) is 0 Å². The maximum Gasteiger partial charge on any atom is 0.231 e. The Hall–Kier alpha value is -2.91. The lowest BCUT2D eigenvalue weighted by Gasteiger charge is -2.27. The fraction of sp³-hybridized carbons (Fsp3) is 0.478. The normalized spacial score (nSPS) is 14.0. The van der Waals surface area contributed by atoms with Crippen molar-refractivity contribution in [2.24, 2.45) is 0 Å². The molecule has 1 saturated heterocycles. The predicted molar refractivity (Wildman–Crippen MR) is 137 cm³/mol. The van der Waals surface area contributed by atoms with Crippen LogP contribution in [-0.4, -0.2) is 78.2 Å². The molecule has 4 rings (SSSR count). The summed E-state index contributed by atoms with van der Waals surface area (Å²) in [5, 5.41) is 11.9. The lowest BCUT2D eigenvalue weighted by molar-refractivity contribution is 0.425. The minimum Gasteiger partial charge on any atom is -0.383 e. The fourth-order valence-corrected chi connectivity index (χ4v) is 3.96. The number of likely N-dealkylation sites (N-methyl/N-ethyl adjacent to an activating group) is 1. The lowest BCUT2D eigenvalue weighted by atomic mass is 10.1. The van der Waals surface area contributed by atoms with Crippen molar-refractivity contribution in [3.05, 3.63) is 35.5 Å². The second kappa shape index (κ2) is 11.3. The van der Waals surface area contributed by atoms with Crippen LogP contribution >= 0.6 is 11.6 Å². The van der Waals surface area contributed by atoms with Crippen LogP contribution in [0.1, 0.15) is 19.3 Å². The van der Waals surface area contributed by atoms with E-state index in [0.717, 1.165) is 48.7 Å². The molecule has 10 heteroatoms. The first-order chi connectivity index (χ1) is 16.1. The topological polar surface area (TPSA) is 94.1 Å². The van der Waals surface area contributed by atoms with Gasteiger partial charge in [0.25, 0.3) is 0 Å². The van der Waals surface area contributed by atoms with Crippen LogP contribution < -0.4 is 20.9 Å². The van der Waals surface area contributed by atoms with Gasteiger partial charge in [0.1, 0.15) is 0 Å². The molecule has 0 spiro atoms. The monoisotopic (exact) mass is 469 g/mol. The minimum absolute atomic E-state index is 0.589. The van der Waals surface area contributed by atoms with Crippen LogP contribution in [0, 0.1) is 0 Å². The molecule has 2 aromatic heterocycles. The van der Waals surface area contributed by atoms with E-state index in [4.69, 9.17) is 16.6 Å². The number of nitrogens with zero attached hydrogens (tertiary/aromatic N) is 6. The Morgan fingerprint density at radius 1 is 0.909 bits per heavy atom. The summed E-state index contributed by atoms with van der Waals surface area (Å²) in [6, 6.07) is 7.72. The third kappa shape index (κ3) is 6.55. The molecule has 3 aromatic rings. The SMILES string of the molecule is CN(C)CCNc1nc(NCCNc2ccnc3cc(Cl)ccc23)nc(N2CCCCC2)n1. The highest BCUT2D eigenvalue weighted by atomic mass is 35.5. The summed E-state index contributed by atoms with van der Waals surface area (Å²) in [5.41, 5.74) is 1.90. The van der Waals surface area contributed by atoms with Crippen LogP contribution in [0.2, 0.25) is 5.02 Å². The van der Waals surface area contributed by atoms with E-state index in [1.807, 2.05) is 24.3 Å². The zero-order chi connectivity index (χ0) is 23.0. The van der Waals surface area contributed by atoms with Crippen LogP contribution in [0.15, 0.2) is 30.5 Å². The third-order valence-corrected chi connectivity index (χ3v) is 5.77. The van der Waals surface area contributed by atoms with E-state index < -0.39 is 0 Å². The minimum atomic E-state index is 0.589. The third-order valence-electron chi connectivity index (χ3n) is 5.53. The summed E-state index contributed by atoms with van der Waals surface area (Å²) in [5.74, 6) is 1.94. The predicted octanol–water partition coefficient (Wildman–Crippen LogP) is 3.56. The molecule has 0 unspecified atom stereocenters. The number of hydrogen-bond acceptors (Lipinski definition) is 9. The van der Waals surface area contributed by atoms with E-state index in [-0.39, 0.29) is 0 Å². The largest absolute Gasteiger partial charge is 0.383 e. The van der Waals surface area contributed by atoms with E-state index in [1.54, 1.807) is 6.20 Å². The maximum absolute atomic E-state index is 6.09. The van der Waals surface area contributed by atoms with Crippen molar-refractivity contribution in [1.82, 2.24) is 24.8 Å². The highest BCUT2D eigenvalue weighted by molar-refractivity contribution is 6.31. The van der Waals surface area contributed by atoms with Crippen molar-refractivity contribution < 1.29 is 0 Å². The number of pyridine rings is 1. The molecule has 0 atom stereocenters. The number of piperidine rings is 1. The van der Waals surface area contributed by atoms with E-state index >= 15 is 0 Å². The fourth-order valence-electron chi connectivity index (χ4n) is 3.80. The van der Waals surface area contributed by atoms with Gasteiger partial charge in [-0.2, -0.15) is 15.0 Å². The Bertz CT molecular complexity index is 1050. The summed E-state index contributed by atoms with van der Waals surface area (Å²) in [6.07, 6.45) is 5.40. The molecule has 0 saturated carbocycles. The molecular weight excluding hydrogens is 438 g/mol. The number of aromatic nitrogens is 4. The van der Waals surface area contributed by atoms with Gasteiger partial charge in [-0.15, -0.1) is 0 Å². The van der Waals surface area contributed by atoms with Crippen LogP contribution in [0.4, 0.5) is 23.5 Å². The quantitative estimate of drug-likeness (QED) is 0.385. The van der Waals surface area contributed by atoms with Gasteiger partial charge >= 0.3 is 0 Å². The number of nitrogens with one attached hydrogen (secondary N) is 3. The van der Waals surface area contributed by atoms with Crippen LogP contribution in [0.5, 0.6) is 0 Å². The molecule has 9 nitrogen and oxygen atoms in total. The van der Waals surface area contributed by atoms with E-state index in [2.05, 4.69) is 54.8 Å². The van der Waals surface area contributed by atoms with Gasteiger partial charge in [0.2, 0.25) is 17.8 Å². The van der Waals surface area contributed by atoms with Gasteiger partial charge in [0.05, 0.1) is 5.52 Å². The molecule has 1 aromatic carbocycles. The van der Waals surface area contributed by atoms with E-state index in [9.17, 15) is 0 Å². The number of fused-ring (bicyclic) bond motifs is 1. The van der Waals surface area contributed by atoms with Crippen molar-refractivity contribution in [3.8, 4) is 0 Å². The summed E-state index contributed by atoms with van der Waals surface area (Å²) in [7, 11) is 4.10. The van der Waals surface area contributed by atoms with Gasteiger partial charge in [-0.05, 0) is 57.6 Å². The van der Waals surface area contributed by atoms with E-state index in [0.29, 0.717) is 30.0 Å². The Labute approximate surface area is 200 Å². The molecule has 0 bridgehead atoms. The number of halogens is 1. The molecule has 1 aliphatic rings. The maximum atomic E-state index is 6.09. The van der Waals surface area contributed by atoms with Crippen molar-refractivity contribution in [2.45, 2.75) is 19.3 Å². The highest BCUT2D eigenvalue weighted by Gasteiger charge is 2.16. The van der Waals surface area contributed by atoms with Crippen molar-refractivity contribution in [3.63, 3.8) is 0 Å². The first-order valence-electron chi connectivity index (χ1n) is 11.5. The molecule has 0 radical (unpaired) electrons. The molecule has 176 valence electrons. The average molecular weight is 470 g/mol. The van der Waals surface area contributed by atoms with Crippen LogP contribution in [0.3, 0.4) is 0 Å². The second-order valence-electron chi connectivity index (χ2n) is 8.43. The van der Waals surface area contributed by atoms with Gasteiger partial charge in [0, 0.05) is 61.6 Å². The zero-order valence-electron chi connectivity index (χ0n) is 19.3. The first-order valence-corrected chi connectivity index (χ1v) is 11.9. The van der Waals surface area contributed by atoms with Crippen LogP contribution in [-0.2, 0) is 0 Å². The van der Waals surface area contributed by atoms with Gasteiger partial charge in [-0.3, -0.25) is 4.98 Å². The average Bonchev–Trinajstić information content (AvgIpc) is 2.82. The second-order valence-corrected chi connectivity index (χ2v) is 8.87. The van der Waals surface area contributed by atoms with Gasteiger partial charge < -0.3 is 25.8 Å². The van der Waals surface area contributed by atoms with Gasteiger partial charge in [-0.1, -0.05) is 11.6 Å². The van der Waals surface area contributed by atoms with Gasteiger partial charge in [0.15, 0.2) is 0 Å². The number of hydrogen-bond donors (Lipinski definition) is 3. The smallest absolute Gasteiger partial charge is 0.231 e. The summed E-state index contributed by atoms with van der Waals surface area (Å²) in [6.45, 7) is 5.02. The van der Waals surface area contributed by atoms with E-state index in [1.165, 1.54) is 19.3 Å². The molecule has 1 aliphatic heterocycles. The summed E-state index contributed by atoms with van der Waals surface area (Å²) >= 11 is 6.09. The van der Waals surface area contributed by atoms with Crippen molar-refractivity contribution in [2.75, 3.05) is 74.2 Å². The number of rotatable bonds is 10. The lowest BCUT2D eigenvalue weighted by Crippen LogP contribution is -2.32. The number of anilines is 4. The first kappa shape index (κ1) is 23.3. The Morgan fingerprint density at radius 3 is 2.39 bits per heavy atom. The zero-order valence-corrected chi connectivity index (χ0v) is 20.1.